The van der Waals surface area contributed by atoms with Crippen molar-refractivity contribution in [1.29, 1.82) is 0 Å². The van der Waals surface area contributed by atoms with Crippen molar-refractivity contribution in [2.75, 3.05) is 13.2 Å². The van der Waals surface area contributed by atoms with Crippen LogP contribution in [0, 0.1) is 0 Å². The molecule has 10 heteroatoms. The maximum atomic E-state index is 12.9. The van der Waals surface area contributed by atoms with Gasteiger partial charge in [-0.15, -0.1) is 0 Å². The molecule has 182 valence electrons. The number of aryl methyl sites for hydroxylation is 2. The van der Waals surface area contributed by atoms with E-state index in [0.29, 0.717) is 41.4 Å². The number of carbonyl (C=O) groups is 1. The molecule has 1 aliphatic rings. The van der Waals surface area contributed by atoms with E-state index in [1.165, 1.54) is 0 Å². The SMILES string of the molecule is CCCc1nn(C)c2c(=O)[nH]c(-c3cc(CC(=O)NOC4CCCCO4)ccc3OCC)nc12. The molecular weight excluding hydrogens is 438 g/mol. The fraction of sp³-hybridized carbons (Fsp3) is 0.500. The number of hydrogen-bond acceptors (Lipinski definition) is 7. The highest BCUT2D eigenvalue weighted by atomic mass is 16.8. The number of carbonyl (C=O) groups excluding carboxylic acids is 1. The summed E-state index contributed by atoms with van der Waals surface area (Å²) in [6, 6.07) is 5.41. The van der Waals surface area contributed by atoms with Crippen LogP contribution in [0.2, 0.25) is 0 Å². The number of ether oxygens (including phenoxy) is 2. The van der Waals surface area contributed by atoms with E-state index in [2.05, 4.69) is 22.5 Å². The third kappa shape index (κ3) is 5.28. The first-order valence-corrected chi connectivity index (χ1v) is 11.8. The summed E-state index contributed by atoms with van der Waals surface area (Å²) in [5, 5.41) is 4.48. The van der Waals surface area contributed by atoms with Gasteiger partial charge in [0.2, 0.25) is 5.91 Å². The van der Waals surface area contributed by atoms with Crippen LogP contribution in [0.15, 0.2) is 23.0 Å². The average Bonchev–Trinajstić information content (AvgIpc) is 3.15. The summed E-state index contributed by atoms with van der Waals surface area (Å²) in [5.74, 6) is 0.654. The summed E-state index contributed by atoms with van der Waals surface area (Å²) < 4.78 is 12.8. The van der Waals surface area contributed by atoms with Gasteiger partial charge in [-0.1, -0.05) is 19.4 Å². The Morgan fingerprint density at radius 1 is 1.32 bits per heavy atom. The van der Waals surface area contributed by atoms with Crippen LogP contribution < -0.4 is 15.8 Å². The number of nitrogens with zero attached hydrogens (tertiary/aromatic N) is 3. The van der Waals surface area contributed by atoms with E-state index in [4.69, 9.17) is 19.3 Å². The highest BCUT2D eigenvalue weighted by molar-refractivity contribution is 5.81. The zero-order valence-corrected chi connectivity index (χ0v) is 19.8. The van der Waals surface area contributed by atoms with Crippen molar-refractivity contribution in [3.05, 3.63) is 39.8 Å². The zero-order chi connectivity index (χ0) is 24.1. The molecule has 0 spiro atoms. The molecule has 3 heterocycles. The topological polar surface area (TPSA) is 120 Å². The van der Waals surface area contributed by atoms with Gasteiger partial charge in [-0.3, -0.25) is 14.3 Å². The fourth-order valence-electron chi connectivity index (χ4n) is 4.09. The Morgan fingerprint density at radius 2 is 2.18 bits per heavy atom. The van der Waals surface area contributed by atoms with Crippen LogP contribution in [0.25, 0.3) is 22.4 Å². The van der Waals surface area contributed by atoms with Gasteiger partial charge >= 0.3 is 0 Å². The van der Waals surface area contributed by atoms with Crippen molar-refractivity contribution in [3.8, 4) is 17.1 Å². The minimum Gasteiger partial charge on any atom is -0.493 e. The Labute approximate surface area is 197 Å². The molecule has 3 aromatic rings. The predicted molar refractivity (Wildman–Crippen MR) is 126 cm³/mol. The summed E-state index contributed by atoms with van der Waals surface area (Å²) in [5.41, 5.74) is 5.33. The lowest BCUT2D eigenvalue weighted by molar-refractivity contribution is -0.200. The number of fused-ring (bicyclic) bond motifs is 1. The maximum absolute atomic E-state index is 12.9. The Balaban J connectivity index is 1.62. The third-order valence-corrected chi connectivity index (χ3v) is 5.66. The molecule has 4 rings (SSSR count). The molecule has 1 atom stereocenters. The van der Waals surface area contributed by atoms with Gasteiger partial charge in [0.15, 0.2) is 11.8 Å². The zero-order valence-electron chi connectivity index (χ0n) is 19.8. The van der Waals surface area contributed by atoms with E-state index in [-0.39, 0.29) is 17.9 Å². The van der Waals surface area contributed by atoms with E-state index in [0.717, 1.165) is 43.4 Å². The van der Waals surface area contributed by atoms with Gasteiger partial charge in [-0.05, 0) is 43.9 Å². The molecule has 2 aromatic heterocycles. The number of H-pyrrole nitrogens is 1. The highest BCUT2D eigenvalue weighted by Crippen LogP contribution is 2.30. The number of benzene rings is 1. The van der Waals surface area contributed by atoms with Gasteiger partial charge in [0.25, 0.3) is 5.56 Å². The lowest BCUT2D eigenvalue weighted by Crippen LogP contribution is -2.33. The molecule has 1 unspecified atom stereocenters. The number of hydrogen-bond donors (Lipinski definition) is 2. The Hall–Kier alpha value is -3.24. The summed E-state index contributed by atoms with van der Waals surface area (Å²) in [6.07, 6.45) is 4.05. The van der Waals surface area contributed by atoms with E-state index in [1.807, 2.05) is 19.1 Å². The molecule has 0 aliphatic carbocycles. The van der Waals surface area contributed by atoms with Gasteiger partial charge in [-0.2, -0.15) is 5.10 Å². The van der Waals surface area contributed by atoms with Gasteiger partial charge in [0, 0.05) is 20.1 Å². The van der Waals surface area contributed by atoms with Gasteiger partial charge < -0.3 is 14.5 Å². The number of nitrogens with one attached hydrogen (secondary N) is 2. The predicted octanol–water partition coefficient (Wildman–Crippen LogP) is 2.79. The van der Waals surface area contributed by atoms with Crippen molar-refractivity contribution in [2.45, 2.75) is 58.7 Å². The molecule has 0 saturated carbocycles. The van der Waals surface area contributed by atoms with E-state index in [9.17, 15) is 9.59 Å². The molecular formula is C24H31N5O5. The van der Waals surface area contributed by atoms with Crippen LogP contribution in [0.5, 0.6) is 5.75 Å². The van der Waals surface area contributed by atoms with Crippen molar-refractivity contribution in [3.63, 3.8) is 0 Å². The maximum Gasteiger partial charge on any atom is 0.277 e. The fourth-order valence-corrected chi connectivity index (χ4v) is 4.09. The first kappa shape index (κ1) is 23.9. The smallest absolute Gasteiger partial charge is 0.277 e. The van der Waals surface area contributed by atoms with E-state index in [1.54, 1.807) is 17.8 Å². The lowest BCUT2D eigenvalue weighted by atomic mass is 10.1. The van der Waals surface area contributed by atoms with Crippen LogP contribution in [-0.4, -0.2) is 45.2 Å². The summed E-state index contributed by atoms with van der Waals surface area (Å²) in [4.78, 5) is 38.3. The van der Waals surface area contributed by atoms with Crippen molar-refractivity contribution < 1.29 is 19.1 Å². The summed E-state index contributed by atoms with van der Waals surface area (Å²) >= 11 is 0. The number of hydroxylamine groups is 1. The van der Waals surface area contributed by atoms with Crippen LogP contribution in [0.3, 0.4) is 0 Å². The van der Waals surface area contributed by atoms with E-state index >= 15 is 0 Å². The molecule has 1 aromatic carbocycles. The number of rotatable bonds is 9. The number of amides is 1. The molecule has 10 nitrogen and oxygen atoms in total. The second-order valence-corrected chi connectivity index (χ2v) is 8.31. The third-order valence-electron chi connectivity index (χ3n) is 5.66. The van der Waals surface area contributed by atoms with E-state index < -0.39 is 6.29 Å². The standard InChI is InChI=1S/C24H31N5O5/c1-4-8-17-21-22(29(3)27-17)24(31)26-23(25-21)16-13-15(10-11-18(16)32-5-2)14-19(30)28-34-20-9-6-7-12-33-20/h10-11,13,20H,4-9,12,14H2,1-3H3,(H,28,30)(H,25,26,31). The quantitative estimate of drug-likeness (QED) is 0.462. The minimum absolute atomic E-state index is 0.0899. The molecule has 0 radical (unpaired) electrons. The highest BCUT2D eigenvalue weighted by Gasteiger charge is 2.19. The van der Waals surface area contributed by atoms with Crippen LogP contribution in [-0.2, 0) is 34.3 Å². The Bertz CT molecular complexity index is 1210. The monoisotopic (exact) mass is 469 g/mol. The van der Waals surface area contributed by atoms with Gasteiger partial charge in [-0.25, -0.2) is 15.3 Å². The Morgan fingerprint density at radius 3 is 2.91 bits per heavy atom. The second kappa shape index (κ2) is 10.8. The Kier molecular flexibility index (Phi) is 7.59. The van der Waals surface area contributed by atoms with Crippen molar-refractivity contribution in [2.24, 2.45) is 7.05 Å². The summed E-state index contributed by atoms with van der Waals surface area (Å²) in [6.45, 7) is 5.02. The molecule has 1 saturated heterocycles. The molecule has 1 aliphatic heterocycles. The number of aromatic amines is 1. The minimum atomic E-state index is -0.411. The normalized spacial score (nSPS) is 16.0. The molecule has 1 amide bonds. The van der Waals surface area contributed by atoms with Crippen LogP contribution in [0.4, 0.5) is 0 Å². The molecule has 34 heavy (non-hydrogen) atoms. The summed E-state index contributed by atoms with van der Waals surface area (Å²) in [7, 11) is 1.74. The number of aromatic nitrogens is 4. The van der Waals surface area contributed by atoms with Gasteiger partial charge in [0.05, 0.1) is 24.3 Å². The van der Waals surface area contributed by atoms with Crippen molar-refractivity contribution in [1.82, 2.24) is 25.2 Å². The van der Waals surface area contributed by atoms with Crippen LogP contribution >= 0.6 is 0 Å². The molecule has 0 bridgehead atoms. The molecule has 2 N–H and O–H groups in total. The lowest BCUT2D eigenvalue weighted by Gasteiger charge is -2.22. The largest absolute Gasteiger partial charge is 0.493 e. The van der Waals surface area contributed by atoms with Crippen LogP contribution in [0.1, 0.15) is 50.8 Å². The van der Waals surface area contributed by atoms with Gasteiger partial charge in [0.1, 0.15) is 17.1 Å². The average molecular weight is 470 g/mol. The molecule has 1 fully saturated rings. The first-order chi connectivity index (χ1) is 16.5. The first-order valence-electron chi connectivity index (χ1n) is 11.8. The second-order valence-electron chi connectivity index (χ2n) is 8.31. The van der Waals surface area contributed by atoms with Crippen molar-refractivity contribution >= 4 is 16.9 Å².